The lowest BCUT2D eigenvalue weighted by atomic mass is 10.1. The predicted molar refractivity (Wildman–Crippen MR) is 75.5 cm³/mol. The van der Waals surface area contributed by atoms with Crippen LogP contribution in [0.3, 0.4) is 0 Å². The molecule has 2 aromatic carbocycles. The van der Waals surface area contributed by atoms with Crippen molar-refractivity contribution in [3.63, 3.8) is 0 Å². The van der Waals surface area contributed by atoms with Crippen molar-refractivity contribution < 1.29 is 24.9 Å². The first-order chi connectivity index (χ1) is 9.90. The molecule has 2 rings (SSSR count). The molecule has 0 unspecified atom stereocenters. The fourth-order valence-corrected chi connectivity index (χ4v) is 1.71. The first kappa shape index (κ1) is 14.2. The molecule has 0 atom stereocenters. The van der Waals surface area contributed by atoms with Gasteiger partial charge in [0.1, 0.15) is 0 Å². The zero-order valence-electron chi connectivity index (χ0n) is 10.7. The Morgan fingerprint density at radius 2 is 1.81 bits per heavy atom. The van der Waals surface area contributed by atoms with Gasteiger partial charge in [-0.05, 0) is 30.3 Å². The molecule has 7 nitrogen and oxygen atoms in total. The minimum Gasteiger partial charge on any atom is -0.504 e. The highest BCUT2D eigenvalue weighted by molar-refractivity contribution is 6.08. The summed E-state index contributed by atoms with van der Waals surface area (Å²) in [5, 5.41) is 30.2. The van der Waals surface area contributed by atoms with Gasteiger partial charge in [-0.2, -0.15) is 0 Å². The minimum atomic E-state index is -1.13. The smallest absolute Gasteiger partial charge is 0.335 e. The largest absolute Gasteiger partial charge is 0.504 e. The second-order valence-electron chi connectivity index (χ2n) is 4.23. The van der Waals surface area contributed by atoms with Crippen molar-refractivity contribution in [1.82, 2.24) is 0 Å². The summed E-state index contributed by atoms with van der Waals surface area (Å²) < 4.78 is 0. The molecule has 2 aromatic rings. The number of aromatic carboxylic acids is 1. The molecule has 0 saturated heterocycles. The second kappa shape index (κ2) is 5.41. The van der Waals surface area contributed by atoms with Crippen LogP contribution < -0.4 is 11.1 Å². The summed E-state index contributed by atoms with van der Waals surface area (Å²) >= 11 is 0. The van der Waals surface area contributed by atoms with Crippen LogP contribution in [0.15, 0.2) is 36.4 Å². The van der Waals surface area contributed by atoms with E-state index >= 15 is 0 Å². The van der Waals surface area contributed by atoms with Crippen LogP contribution in [0.25, 0.3) is 0 Å². The highest BCUT2D eigenvalue weighted by atomic mass is 16.4. The zero-order valence-corrected chi connectivity index (χ0v) is 10.7. The fourth-order valence-electron chi connectivity index (χ4n) is 1.71. The maximum atomic E-state index is 12.0. The van der Waals surface area contributed by atoms with Gasteiger partial charge in [-0.1, -0.05) is 6.07 Å². The quantitative estimate of drug-likeness (QED) is 0.430. The Kier molecular flexibility index (Phi) is 3.66. The van der Waals surface area contributed by atoms with E-state index in [4.69, 9.17) is 10.8 Å². The number of hydrogen-bond donors (Lipinski definition) is 5. The summed E-state index contributed by atoms with van der Waals surface area (Å²) in [6.07, 6.45) is 0. The highest BCUT2D eigenvalue weighted by Gasteiger charge is 2.15. The summed E-state index contributed by atoms with van der Waals surface area (Å²) in [5.41, 5.74) is 5.80. The molecule has 6 N–H and O–H groups in total. The van der Waals surface area contributed by atoms with Crippen molar-refractivity contribution in [2.45, 2.75) is 0 Å². The van der Waals surface area contributed by atoms with Gasteiger partial charge in [0.05, 0.1) is 22.5 Å². The molecule has 1 amide bonds. The molecule has 0 aliphatic rings. The molecular weight excluding hydrogens is 276 g/mol. The van der Waals surface area contributed by atoms with Crippen molar-refractivity contribution in [2.75, 3.05) is 11.1 Å². The van der Waals surface area contributed by atoms with Crippen molar-refractivity contribution in [3.05, 3.63) is 47.5 Å². The second-order valence-corrected chi connectivity index (χ2v) is 4.23. The molecule has 0 bridgehead atoms. The topological polar surface area (TPSA) is 133 Å². The summed E-state index contributed by atoms with van der Waals surface area (Å²) in [6, 6.07) is 7.81. The number of hydrogen-bond acceptors (Lipinski definition) is 5. The summed E-state index contributed by atoms with van der Waals surface area (Å²) in [6.45, 7) is 0. The Morgan fingerprint density at radius 3 is 2.43 bits per heavy atom. The summed E-state index contributed by atoms with van der Waals surface area (Å²) in [5.74, 6) is -2.78. The predicted octanol–water partition coefficient (Wildman–Crippen LogP) is 1.63. The van der Waals surface area contributed by atoms with Crippen LogP contribution in [0.4, 0.5) is 11.4 Å². The van der Waals surface area contributed by atoms with Crippen LogP contribution in [0.1, 0.15) is 20.7 Å². The third kappa shape index (κ3) is 2.86. The van der Waals surface area contributed by atoms with E-state index in [1.165, 1.54) is 36.4 Å². The number of para-hydroxylation sites is 1. The third-order valence-corrected chi connectivity index (χ3v) is 2.81. The number of amides is 1. The van der Waals surface area contributed by atoms with E-state index in [0.29, 0.717) is 0 Å². The molecule has 108 valence electrons. The standard InChI is InChI=1S/C14H12N2O5/c15-9-6-7(14(20)21)4-5-10(9)16-13(19)8-2-1-3-11(17)12(8)18/h1-6,17-18H,15H2,(H,16,19)(H,20,21). The number of nitrogens with two attached hydrogens (primary N) is 1. The van der Waals surface area contributed by atoms with E-state index < -0.39 is 23.4 Å². The zero-order chi connectivity index (χ0) is 15.6. The third-order valence-electron chi connectivity index (χ3n) is 2.81. The molecular formula is C14H12N2O5. The van der Waals surface area contributed by atoms with Crippen molar-refractivity contribution in [1.29, 1.82) is 0 Å². The number of nitrogen functional groups attached to an aromatic ring is 1. The average molecular weight is 288 g/mol. The Hall–Kier alpha value is -3.22. The van der Waals surface area contributed by atoms with Crippen LogP contribution >= 0.6 is 0 Å². The van der Waals surface area contributed by atoms with Crippen LogP contribution in [0, 0.1) is 0 Å². The van der Waals surface area contributed by atoms with Crippen LogP contribution in [-0.2, 0) is 0 Å². The van der Waals surface area contributed by atoms with Gasteiger partial charge in [0.15, 0.2) is 11.5 Å². The maximum Gasteiger partial charge on any atom is 0.335 e. The van der Waals surface area contributed by atoms with Crippen LogP contribution in [0.5, 0.6) is 11.5 Å². The van der Waals surface area contributed by atoms with E-state index in [1.54, 1.807) is 0 Å². The van der Waals surface area contributed by atoms with Crippen LogP contribution in [0.2, 0.25) is 0 Å². The monoisotopic (exact) mass is 288 g/mol. The lowest BCUT2D eigenvalue weighted by Crippen LogP contribution is -2.13. The fraction of sp³-hybridized carbons (Fsp3) is 0. The number of carboxylic acids is 1. The van der Waals surface area contributed by atoms with Crippen molar-refractivity contribution in [3.8, 4) is 11.5 Å². The van der Waals surface area contributed by atoms with Gasteiger partial charge in [0, 0.05) is 0 Å². The van der Waals surface area contributed by atoms with Crippen molar-refractivity contribution >= 4 is 23.3 Å². The molecule has 0 saturated carbocycles. The van der Waals surface area contributed by atoms with Crippen LogP contribution in [-0.4, -0.2) is 27.2 Å². The molecule has 0 aromatic heterocycles. The number of rotatable bonds is 3. The first-order valence-electron chi connectivity index (χ1n) is 5.85. The molecule has 0 heterocycles. The summed E-state index contributed by atoms with van der Waals surface area (Å²) in [4.78, 5) is 22.8. The molecule has 21 heavy (non-hydrogen) atoms. The van der Waals surface area contributed by atoms with Gasteiger partial charge in [-0.25, -0.2) is 4.79 Å². The SMILES string of the molecule is Nc1cc(C(=O)O)ccc1NC(=O)c1cccc(O)c1O. The lowest BCUT2D eigenvalue weighted by molar-refractivity contribution is 0.0696. The van der Waals surface area contributed by atoms with Gasteiger partial charge < -0.3 is 26.4 Å². The van der Waals surface area contributed by atoms with Gasteiger partial charge in [-0.3, -0.25) is 4.79 Å². The number of benzene rings is 2. The number of phenolic OH excluding ortho intramolecular Hbond substituents is 2. The van der Waals surface area contributed by atoms with Crippen molar-refractivity contribution in [2.24, 2.45) is 0 Å². The van der Waals surface area contributed by atoms with E-state index in [2.05, 4.69) is 5.32 Å². The Balaban J connectivity index is 2.28. The molecule has 0 fully saturated rings. The van der Waals surface area contributed by atoms with Gasteiger partial charge >= 0.3 is 5.97 Å². The minimum absolute atomic E-state index is 0.00861. The Bertz CT molecular complexity index is 727. The number of carboxylic acid groups (broad SMARTS) is 1. The van der Waals surface area contributed by atoms with Gasteiger partial charge in [0.2, 0.25) is 0 Å². The molecule has 0 spiro atoms. The van der Waals surface area contributed by atoms with E-state index in [9.17, 15) is 19.8 Å². The van der Waals surface area contributed by atoms with Gasteiger partial charge in [0.25, 0.3) is 5.91 Å². The normalized spacial score (nSPS) is 10.1. The Morgan fingerprint density at radius 1 is 1.10 bits per heavy atom. The average Bonchev–Trinajstić information content (AvgIpc) is 2.43. The highest BCUT2D eigenvalue weighted by Crippen LogP contribution is 2.29. The maximum absolute atomic E-state index is 12.0. The number of nitrogens with one attached hydrogen (secondary N) is 1. The van der Waals surface area contributed by atoms with E-state index in [1.807, 2.05) is 0 Å². The summed E-state index contributed by atoms with van der Waals surface area (Å²) in [7, 11) is 0. The Labute approximate surface area is 119 Å². The number of carbonyl (C=O) groups excluding carboxylic acids is 1. The van der Waals surface area contributed by atoms with E-state index in [-0.39, 0.29) is 22.5 Å². The number of anilines is 2. The molecule has 0 aliphatic carbocycles. The number of carbonyl (C=O) groups is 2. The number of aromatic hydroxyl groups is 2. The van der Waals surface area contributed by atoms with E-state index in [0.717, 1.165) is 0 Å². The number of phenols is 2. The first-order valence-corrected chi connectivity index (χ1v) is 5.85. The molecule has 7 heteroatoms. The molecule has 0 radical (unpaired) electrons. The lowest BCUT2D eigenvalue weighted by Gasteiger charge is -2.10. The molecule has 0 aliphatic heterocycles. The van der Waals surface area contributed by atoms with Gasteiger partial charge in [-0.15, -0.1) is 0 Å².